The van der Waals surface area contributed by atoms with Crippen LogP contribution in [0.1, 0.15) is 47.1 Å². The van der Waals surface area contributed by atoms with Crippen LogP contribution in [0.3, 0.4) is 0 Å². The molecule has 2 amide bonds. The van der Waals surface area contributed by atoms with Crippen molar-refractivity contribution < 1.29 is 29.1 Å². The van der Waals surface area contributed by atoms with Crippen molar-refractivity contribution in [1.29, 1.82) is 0 Å². The number of carboxylic acids is 1. The van der Waals surface area contributed by atoms with Gasteiger partial charge in [0.25, 0.3) is 0 Å². The molecule has 2 rings (SSSR count). The van der Waals surface area contributed by atoms with E-state index in [1.54, 1.807) is 53.7 Å². The van der Waals surface area contributed by atoms with Crippen LogP contribution in [0, 0.1) is 5.92 Å². The first-order valence-electron chi connectivity index (χ1n) is 8.97. The van der Waals surface area contributed by atoms with Crippen molar-refractivity contribution in [3.8, 4) is 0 Å². The molecule has 1 aliphatic heterocycles. The number of nitrogens with one attached hydrogen (secondary N) is 1. The standard InChI is InChI=1S/C19H27N3O6/c1-18(2,3)27-17(26)22(28-19(4,5)6)13-10-11(7-8-20-13)9-12-14(16(24)25)21-15(12)23/h7-8,10,12,14H,9H2,1-6H3,(H,21,23)(H,24,25). The third kappa shape index (κ3) is 5.66. The summed E-state index contributed by atoms with van der Waals surface area (Å²) in [6, 6.07) is 2.33. The van der Waals surface area contributed by atoms with Crippen molar-refractivity contribution in [1.82, 2.24) is 10.3 Å². The lowest BCUT2D eigenvalue weighted by atomic mass is 9.85. The van der Waals surface area contributed by atoms with Gasteiger partial charge in [0, 0.05) is 6.20 Å². The smallest absolute Gasteiger partial charge is 0.440 e. The second-order valence-electron chi connectivity index (χ2n) is 8.64. The summed E-state index contributed by atoms with van der Waals surface area (Å²) in [6.45, 7) is 10.6. The molecular weight excluding hydrogens is 366 g/mol. The Morgan fingerprint density at radius 3 is 2.36 bits per heavy atom. The number of pyridine rings is 1. The fourth-order valence-corrected chi connectivity index (χ4v) is 2.57. The lowest BCUT2D eigenvalue weighted by Crippen LogP contribution is -2.62. The van der Waals surface area contributed by atoms with Crippen LogP contribution >= 0.6 is 0 Å². The van der Waals surface area contributed by atoms with Crippen LogP contribution in [0.15, 0.2) is 18.3 Å². The van der Waals surface area contributed by atoms with Crippen molar-refractivity contribution in [2.24, 2.45) is 5.92 Å². The van der Waals surface area contributed by atoms with Gasteiger partial charge in [-0.25, -0.2) is 14.6 Å². The molecule has 2 heterocycles. The van der Waals surface area contributed by atoms with E-state index in [9.17, 15) is 14.4 Å². The minimum absolute atomic E-state index is 0.188. The van der Waals surface area contributed by atoms with E-state index in [1.165, 1.54) is 6.20 Å². The molecule has 2 unspecified atom stereocenters. The van der Waals surface area contributed by atoms with Gasteiger partial charge >= 0.3 is 12.1 Å². The number of ether oxygens (including phenoxy) is 1. The number of aromatic nitrogens is 1. The zero-order valence-corrected chi connectivity index (χ0v) is 17.0. The average molecular weight is 393 g/mol. The Morgan fingerprint density at radius 1 is 1.21 bits per heavy atom. The maximum Gasteiger partial charge on any atom is 0.440 e. The number of carboxylic acid groups (broad SMARTS) is 1. The number of nitrogens with zero attached hydrogens (tertiary/aromatic N) is 2. The summed E-state index contributed by atoms with van der Waals surface area (Å²) in [6.07, 6.45) is 0.952. The number of carbonyl (C=O) groups excluding carboxylic acids is 2. The van der Waals surface area contributed by atoms with Crippen LogP contribution in [0.2, 0.25) is 0 Å². The number of carbonyl (C=O) groups is 3. The average Bonchev–Trinajstić information content (AvgIpc) is 2.53. The van der Waals surface area contributed by atoms with Gasteiger partial charge in [0.05, 0.1) is 11.5 Å². The van der Waals surface area contributed by atoms with Crippen LogP contribution in [-0.4, -0.2) is 45.3 Å². The highest BCUT2D eigenvalue weighted by Gasteiger charge is 2.44. The van der Waals surface area contributed by atoms with E-state index in [4.69, 9.17) is 14.7 Å². The number of aliphatic carboxylic acids is 1. The van der Waals surface area contributed by atoms with Crippen LogP contribution in [0.4, 0.5) is 10.6 Å². The number of hydroxylamine groups is 1. The Balaban J connectivity index is 2.26. The van der Waals surface area contributed by atoms with Crippen LogP contribution in [-0.2, 0) is 25.6 Å². The Hall–Kier alpha value is -2.68. The molecule has 1 aromatic rings. The lowest BCUT2D eigenvalue weighted by molar-refractivity contribution is -0.153. The highest BCUT2D eigenvalue weighted by molar-refractivity contribution is 5.96. The summed E-state index contributed by atoms with van der Waals surface area (Å²) in [5.74, 6) is -1.88. The van der Waals surface area contributed by atoms with Gasteiger partial charge < -0.3 is 15.2 Å². The second-order valence-corrected chi connectivity index (χ2v) is 8.64. The van der Waals surface area contributed by atoms with Gasteiger partial charge in [-0.1, -0.05) is 0 Å². The van der Waals surface area contributed by atoms with Gasteiger partial charge in [-0.15, -0.1) is 5.06 Å². The van der Waals surface area contributed by atoms with Gasteiger partial charge in [-0.3, -0.25) is 9.63 Å². The number of hydrogen-bond acceptors (Lipinski definition) is 6. The normalized spacial score (nSPS) is 19.4. The molecule has 1 aromatic heterocycles. The van der Waals surface area contributed by atoms with E-state index in [2.05, 4.69) is 10.3 Å². The molecule has 0 radical (unpaired) electrons. The van der Waals surface area contributed by atoms with Crippen molar-refractivity contribution in [3.63, 3.8) is 0 Å². The first-order valence-corrected chi connectivity index (χ1v) is 8.97. The van der Waals surface area contributed by atoms with E-state index in [1.807, 2.05) is 0 Å². The molecule has 2 atom stereocenters. The molecule has 9 heteroatoms. The molecule has 0 aromatic carbocycles. The molecular formula is C19H27N3O6. The predicted molar refractivity (Wildman–Crippen MR) is 101 cm³/mol. The summed E-state index contributed by atoms with van der Waals surface area (Å²) in [7, 11) is 0. The number of anilines is 1. The van der Waals surface area contributed by atoms with Crippen molar-refractivity contribution in [2.75, 3.05) is 5.06 Å². The molecule has 9 nitrogen and oxygen atoms in total. The Kier molecular flexibility index (Phi) is 5.98. The van der Waals surface area contributed by atoms with Gasteiger partial charge in [0.15, 0.2) is 5.82 Å². The molecule has 1 fully saturated rings. The first kappa shape index (κ1) is 21.6. The highest BCUT2D eigenvalue weighted by Crippen LogP contribution is 2.25. The zero-order valence-electron chi connectivity index (χ0n) is 17.0. The summed E-state index contributed by atoms with van der Waals surface area (Å²) in [4.78, 5) is 45.4. The van der Waals surface area contributed by atoms with Gasteiger partial charge in [0.2, 0.25) is 5.91 Å². The molecule has 0 spiro atoms. The van der Waals surface area contributed by atoms with Crippen LogP contribution < -0.4 is 10.4 Å². The minimum atomic E-state index is -1.08. The SMILES string of the molecule is CC(C)(C)OC(=O)N(OC(C)(C)C)c1cc(CC2C(=O)NC2C(=O)O)ccn1. The van der Waals surface area contributed by atoms with Gasteiger partial charge in [0.1, 0.15) is 11.6 Å². The molecule has 0 aliphatic carbocycles. The quantitative estimate of drug-likeness (QED) is 0.582. The van der Waals surface area contributed by atoms with Crippen LogP contribution in [0.25, 0.3) is 0 Å². The molecule has 0 bridgehead atoms. The summed E-state index contributed by atoms with van der Waals surface area (Å²) < 4.78 is 5.40. The zero-order chi connectivity index (χ0) is 21.3. The molecule has 0 saturated carbocycles. The molecule has 2 N–H and O–H groups in total. The number of β-lactam (4-membered cyclic amide) rings is 1. The Morgan fingerprint density at radius 2 is 1.86 bits per heavy atom. The molecule has 154 valence electrons. The minimum Gasteiger partial charge on any atom is -0.480 e. The van der Waals surface area contributed by atoms with E-state index >= 15 is 0 Å². The third-order valence-electron chi connectivity index (χ3n) is 3.70. The Bertz CT molecular complexity index is 766. The molecule has 1 aliphatic rings. The second kappa shape index (κ2) is 7.75. The van der Waals surface area contributed by atoms with Gasteiger partial charge in [-0.2, -0.15) is 0 Å². The van der Waals surface area contributed by atoms with E-state index in [0.717, 1.165) is 5.06 Å². The fourth-order valence-electron chi connectivity index (χ4n) is 2.57. The maximum atomic E-state index is 12.6. The van der Waals surface area contributed by atoms with Crippen molar-refractivity contribution in [2.45, 2.75) is 65.2 Å². The first-order chi connectivity index (χ1) is 12.8. The van der Waals surface area contributed by atoms with Crippen molar-refractivity contribution >= 4 is 23.8 Å². The Labute approximate surface area is 164 Å². The van der Waals surface area contributed by atoms with E-state index in [-0.39, 0.29) is 18.1 Å². The third-order valence-corrected chi connectivity index (χ3v) is 3.70. The predicted octanol–water partition coefficient (Wildman–Crippen LogP) is 2.29. The number of hydrogen-bond donors (Lipinski definition) is 2. The topological polar surface area (TPSA) is 118 Å². The monoisotopic (exact) mass is 393 g/mol. The summed E-state index contributed by atoms with van der Waals surface area (Å²) in [5, 5.41) is 12.5. The highest BCUT2D eigenvalue weighted by atomic mass is 16.7. The van der Waals surface area contributed by atoms with E-state index in [0.29, 0.717) is 5.56 Å². The van der Waals surface area contributed by atoms with Crippen molar-refractivity contribution in [3.05, 3.63) is 23.9 Å². The largest absolute Gasteiger partial charge is 0.480 e. The molecule has 28 heavy (non-hydrogen) atoms. The lowest BCUT2D eigenvalue weighted by Gasteiger charge is -2.34. The number of amides is 2. The fraction of sp³-hybridized carbons (Fsp3) is 0.579. The maximum absolute atomic E-state index is 12.6. The summed E-state index contributed by atoms with van der Waals surface area (Å²) in [5.41, 5.74) is -0.772. The van der Waals surface area contributed by atoms with Crippen LogP contribution in [0.5, 0.6) is 0 Å². The summed E-state index contributed by atoms with van der Waals surface area (Å²) >= 11 is 0. The van der Waals surface area contributed by atoms with E-state index < -0.39 is 35.2 Å². The molecule has 1 saturated heterocycles. The number of rotatable bonds is 5. The van der Waals surface area contributed by atoms with Gasteiger partial charge in [-0.05, 0) is 65.7 Å².